The van der Waals surface area contributed by atoms with E-state index in [9.17, 15) is 0 Å². The van der Waals surface area contributed by atoms with Crippen LogP contribution in [0.2, 0.25) is 5.02 Å². The van der Waals surface area contributed by atoms with Gasteiger partial charge in [-0.3, -0.25) is 0 Å². The largest absolute Gasteiger partial charge is 0.359 e. The molecule has 0 fully saturated rings. The van der Waals surface area contributed by atoms with Gasteiger partial charge in [-0.25, -0.2) is 0 Å². The Morgan fingerprint density at radius 3 is 2.73 bits per heavy atom. The Bertz CT molecular complexity index is 844. The van der Waals surface area contributed by atoms with Gasteiger partial charge in [-0.2, -0.15) is 0 Å². The van der Waals surface area contributed by atoms with Crippen LogP contribution < -0.4 is 10.6 Å². The average molecular weight is 309 g/mol. The molecule has 3 heteroatoms. The van der Waals surface area contributed by atoms with E-state index in [1.165, 1.54) is 21.9 Å². The highest BCUT2D eigenvalue weighted by atomic mass is 35.5. The Morgan fingerprint density at radius 2 is 1.91 bits per heavy atom. The quantitative estimate of drug-likeness (QED) is 0.754. The van der Waals surface area contributed by atoms with Gasteiger partial charge in [0.15, 0.2) is 0 Å². The average Bonchev–Trinajstić information content (AvgIpc) is 2.94. The third-order valence-corrected chi connectivity index (χ3v) is 4.74. The lowest BCUT2D eigenvalue weighted by molar-refractivity contribution is 0.679. The molecule has 4 rings (SSSR count). The minimum Gasteiger partial charge on any atom is -0.359 e. The third-order valence-electron chi connectivity index (χ3n) is 4.50. The molecule has 3 aromatic carbocycles. The van der Waals surface area contributed by atoms with Crippen molar-refractivity contribution >= 4 is 28.1 Å². The number of nitrogens with two attached hydrogens (primary N) is 1. The van der Waals surface area contributed by atoms with Gasteiger partial charge in [0, 0.05) is 23.8 Å². The fourth-order valence-electron chi connectivity index (χ4n) is 3.47. The second-order valence-electron chi connectivity index (χ2n) is 5.71. The normalized spacial score (nSPS) is 17.0. The summed E-state index contributed by atoms with van der Waals surface area (Å²) >= 11 is 6.16. The molecule has 0 amide bonds. The number of fused-ring (bicyclic) bond motifs is 3. The molecule has 1 heterocycles. The first kappa shape index (κ1) is 13.6. The second-order valence-corrected chi connectivity index (χ2v) is 6.15. The fourth-order valence-corrected chi connectivity index (χ4v) is 3.65. The van der Waals surface area contributed by atoms with Gasteiger partial charge in [0.25, 0.3) is 0 Å². The van der Waals surface area contributed by atoms with Crippen LogP contribution in [0.3, 0.4) is 0 Å². The highest BCUT2D eigenvalue weighted by molar-refractivity contribution is 6.30. The van der Waals surface area contributed by atoms with Gasteiger partial charge < -0.3 is 10.6 Å². The molecule has 2 nitrogen and oxygen atoms in total. The van der Waals surface area contributed by atoms with Crippen molar-refractivity contribution in [1.82, 2.24) is 0 Å². The topological polar surface area (TPSA) is 29.3 Å². The summed E-state index contributed by atoms with van der Waals surface area (Å²) in [6, 6.07) is 21.2. The molecule has 1 aliphatic heterocycles. The standard InChI is InChI=1S/C19H17ClN2/c20-14-5-3-6-15(10-14)22-12-18-16-7-2-1-4-13(16)8-9-17(18)19(22)11-21/h1-10,19H,11-12,21H2. The maximum absolute atomic E-state index is 6.16. The van der Waals surface area contributed by atoms with Crippen LogP contribution in [0.25, 0.3) is 10.8 Å². The summed E-state index contributed by atoms with van der Waals surface area (Å²) in [5, 5.41) is 3.36. The van der Waals surface area contributed by atoms with E-state index in [0.717, 1.165) is 17.3 Å². The lowest BCUT2D eigenvalue weighted by Gasteiger charge is -2.26. The van der Waals surface area contributed by atoms with E-state index in [4.69, 9.17) is 17.3 Å². The van der Waals surface area contributed by atoms with Gasteiger partial charge in [-0.1, -0.05) is 54.1 Å². The van der Waals surface area contributed by atoms with Crippen LogP contribution in [0.15, 0.2) is 60.7 Å². The molecule has 1 unspecified atom stereocenters. The third kappa shape index (κ3) is 2.07. The summed E-state index contributed by atoms with van der Waals surface area (Å²) < 4.78 is 0. The molecule has 0 aliphatic carbocycles. The summed E-state index contributed by atoms with van der Waals surface area (Å²) in [7, 11) is 0. The Kier molecular flexibility index (Phi) is 3.29. The molecule has 0 spiro atoms. The Morgan fingerprint density at radius 1 is 1.05 bits per heavy atom. The zero-order valence-electron chi connectivity index (χ0n) is 12.2. The maximum Gasteiger partial charge on any atom is 0.0672 e. The molecule has 1 atom stereocenters. The van der Waals surface area contributed by atoms with Crippen LogP contribution in [0.5, 0.6) is 0 Å². The summed E-state index contributed by atoms with van der Waals surface area (Å²) in [6.07, 6.45) is 0. The molecular weight excluding hydrogens is 292 g/mol. The van der Waals surface area contributed by atoms with Crippen molar-refractivity contribution in [2.24, 2.45) is 5.73 Å². The highest BCUT2D eigenvalue weighted by Crippen LogP contribution is 2.40. The van der Waals surface area contributed by atoms with Crippen LogP contribution >= 0.6 is 11.6 Å². The van der Waals surface area contributed by atoms with Gasteiger partial charge in [-0.15, -0.1) is 0 Å². The van der Waals surface area contributed by atoms with Gasteiger partial charge in [0.05, 0.1) is 6.04 Å². The molecule has 0 radical (unpaired) electrons. The summed E-state index contributed by atoms with van der Waals surface area (Å²) in [6.45, 7) is 1.47. The molecule has 0 bridgehead atoms. The van der Waals surface area contributed by atoms with E-state index in [0.29, 0.717) is 6.54 Å². The van der Waals surface area contributed by atoms with Gasteiger partial charge in [-0.05, 0) is 40.1 Å². The van der Waals surface area contributed by atoms with Crippen molar-refractivity contribution in [1.29, 1.82) is 0 Å². The van der Waals surface area contributed by atoms with Crippen molar-refractivity contribution in [3.05, 3.63) is 76.8 Å². The minimum atomic E-state index is 0.207. The number of hydrogen-bond acceptors (Lipinski definition) is 2. The molecule has 22 heavy (non-hydrogen) atoms. The molecule has 110 valence electrons. The summed E-state index contributed by atoms with van der Waals surface area (Å²) in [5.74, 6) is 0. The van der Waals surface area contributed by atoms with E-state index in [1.807, 2.05) is 18.2 Å². The monoisotopic (exact) mass is 308 g/mol. The molecular formula is C19H17ClN2. The first-order chi connectivity index (χ1) is 10.8. The van der Waals surface area contributed by atoms with Crippen LogP contribution in [0.1, 0.15) is 17.2 Å². The molecule has 0 aromatic heterocycles. The summed E-state index contributed by atoms with van der Waals surface area (Å²) in [5.41, 5.74) is 9.93. The second kappa shape index (κ2) is 5.31. The molecule has 0 saturated heterocycles. The van der Waals surface area contributed by atoms with Crippen molar-refractivity contribution in [3.8, 4) is 0 Å². The number of anilines is 1. The van der Waals surface area contributed by atoms with E-state index < -0.39 is 0 Å². The first-order valence-electron chi connectivity index (χ1n) is 7.51. The molecule has 2 N–H and O–H groups in total. The summed E-state index contributed by atoms with van der Waals surface area (Å²) in [4.78, 5) is 2.35. The van der Waals surface area contributed by atoms with E-state index in [-0.39, 0.29) is 6.04 Å². The SMILES string of the molecule is NCC1c2ccc3ccccc3c2CN1c1cccc(Cl)c1. The van der Waals surface area contributed by atoms with Crippen LogP contribution in [-0.4, -0.2) is 6.54 Å². The fraction of sp³-hybridized carbons (Fsp3) is 0.158. The van der Waals surface area contributed by atoms with Crippen molar-refractivity contribution < 1.29 is 0 Å². The maximum atomic E-state index is 6.16. The van der Waals surface area contributed by atoms with E-state index in [2.05, 4.69) is 47.4 Å². The molecule has 3 aromatic rings. The van der Waals surface area contributed by atoms with Gasteiger partial charge in [0.2, 0.25) is 0 Å². The van der Waals surface area contributed by atoms with Crippen molar-refractivity contribution in [2.45, 2.75) is 12.6 Å². The van der Waals surface area contributed by atoms with Gasteiger partial charge in [0.1, 0.15) is 0 Å². The molecule has 1 aliphatic rings. The van der Waals surface area contributed by atoms with Crippen LogP contribution in [-0.2, 0) is 6.54 Å². The Labute approximate surface area is 135 Å². The van der Waals surface area contributed by atoms with Crippen molar-refractivity contribution in [2.75, 3.05) is 11.4 Å². The van der Waals surface area contributed by atoms with Gasteiger partial charge >= 0.3 is 0 Å². The van der Waals surface area contributed by atoms with Crippen LogP contribution in [0.4, 0.5) is 5.69 Å². The predicted octanol–water partition coefficient (Wildman–Crippen LogP) is 4.51. The minimum absolute atomic E-state index is 0.207. The lowest BCUT2D eigenvalue weighted by Crippen LogP contribution is -2.27. The van der Waals surface area contributed by atoms with Crippen molar-refractivity contribution in [3.63, 3.8) is 0 Å². The Hall–Kier alpha value is -2.03. The van der Waals surface area contributed by atoms with Crippen LogP contribution in [0, 0.1) is 0 Å². The lowest BCUT2D eigenvalue weighted by atomic mass is 9.98. The number of rotatable bonds is 2. The number of benzene rings is 3. The zero-order chi connectivity index (χ0) is 15.1. The number of nitrogens with zero attached hydrogens (tertiary/aromatic N) is 1. The molecule has 0 saturated carbocycles. The highest BCUT2D eigenvalue weighted by Gasteiger charge is 2.30. The number of halogens is 1. The number of hydrogen-bond donors (Lipinski definition) is 1. The Balaban J connectivity index is 1.86. The smallest absolute Gasteiger partial charge is 0.0672 e. The predicted molar refractivity (Wildman–Crippen MR) is 93.4 cm³/mol. The van der Waals surface area contributed by atoms with E-state index in [1.54, 1.807) is 0 Å². The van der Waals surface area contributed by atoms with E-state index >= 15 is 0 Å². The first-order valence-corrected chi connectivity index (χ1v) is 7.88. The zero-order valence-corrected chi connectivity index (χ0v) is 12.9.